The van der Waals surface area contributed by atoms with E-state index in [1.54, 1.807) is 11.0 Å². The molecular weight excluding hydrogens is 226 g/mol. The Morgan fingerprint density at radius 3 is 2.56 bits per heavy atom. The Kier molecular flexibility index (Phi) is 2.90. The van der Waals surface area contributed by atoms with Gasteiger partial charge >= 0.3 is 0 Å². The van der Waals surface area contributed by atoms with Gasteiger partial charge in [0, 0.05) is 6.54 Å². The highest BCUT2D eigenvalue weighted by atomic mass is 16.2. The largest absolute Gasteiger partial charge is 0.304 e. The fourth-order valence-corrected chi connectivity index (χ4v) is 3.06. The maximum atomic E-state index is 12.0. The number of amides is 1. The van der Waals surface area contributed by atoms with Gasteiger partial charge in [-0.15, -0.1) is 0 Å². The Hall–Kier alpha value is -1.64. The summed E-state index contributed by atoms with van der Waals surface area (Å²) in [4.78, 5) is 25.6. The van der Waals surface area contributed by atoms with Gasteiger partial charge in [0.25, 0.3) is 11.7 Å². The molecule has 0 unspecified atom stereocenters. The Balaban J connectivity index is 1.83. The molecule has 0 atom stereocenters. The van der Waals surface area contributed by atoms with Crippen LogP contribution in [0.3, 0.4) is 0 Å². The van der Waals surface area contributed by atoms with Crippen LogP contribution in [0, 0.1) is 5.92 Å². The number of carbonyl (C=O) groups excluding carboxylic acids is 2. The average molecular weight is 243 g/mol. The number of carbonyl (C=O) groups is 2. The topological polar surface area (TPSA) is 37.4 Å². The molecule has 1 aromatic rings. The molecule has 1 amide bonds. The number of fused-ring (bicyclic) bond motifs is 1. The predicted molar refractivity (Wildman–Crippen MR) is 69.7 cm³/mol. The first kappa shape index (κ1) is 11.5. The summed E-state index contributed by atoms with van der Waals surface area (Å²) in [6, 6.07) is 7.32. The lowest BCUT2D eigenvalue weighted by molar-refractivity contribution is -0.114. The van der Waals surface area contributed by atoms with E-state index in [1.807, 2.05) is 18.2 Å². The Morgan fingerprint density at radius 1 is 1.06 bits per heavy atom. The number of rotatable bonds is 2. The van der Waals surface area contributed by atoms with Gasteiger partial charge in [-0.25, -0.2) is 0 Å². The van der Waals surface area contributed by atoms with Crippen LogP contribution in [0.1, 0.15) is 42.5 Å². The van der Waals surface area contributed by atoms with Crippen molar-refractivity contribution < 1.29 is 9.59 Å². The summed E-state index contributed by atoms with van der Waals surface area (Å²) in [7, 11) is 0. The van der Waals surface area contributed by atoms with Gasteiger partial charge in [-0.1, -0.05) is 31.4 Å². The van der Waals surface area contributed by atoms with Crippen molar-refractivity contribution in [3.63, 3.8) is 0 Å². The van der Waals surface area contributed by atoms with Crippen LogP contribution in [-0.4, -0.2) is 18.2 Å². The molecule has 0 aromatic heterocycles. The molecule has 2 aliphatic rings. The number of hydrogen-bond acceptors (Lipinski definition) is 2. The van der Waals surface area contributed by atoms with Crippen molar-refractivity contribution in [1.82, 2.24) is 0 Å². The van der Waals surface area contributed by atoms with E-state index in [0.717, 1.165) is 5.69 Å². The highest BCUT2D eigenvalue weighted by molar-refractivity contribution is 6.52. The van der Waals surface area contributed by atoms with E-state index in [9.17, 15) is 9.59 Å². The van der Waals surface area contributed by atoms with Crippen molar-refractivity contribution in [1.29, 1.82) is 0 Å². The predicted octanol–water partition coefficient (Wildman–Crippen LogP) is 2.80. The van der Waals surface area contributed by atoms with Crippen molar-refractivity contribution in [2.45, 2.75) is 32.1 Å². The summed E-state index contributed by atoms with van der Waals surface area (Å²) < 4.78 is 0. The minimum atomic E-state index is -0.346. The van der Waals surface area contributed by atoms with Crippen LogP contribution in [0.4, 0.5) is 5.69 Å². The second-order valence-electron chi connectivity index (χ2n) is 5.27. The molecule has 94 valence electrons. The van der Waals surface area contributed by atoms with Gasteiger partial charge in [0.05, 0.1) is 11.3 Å². The van der Waals surface area contributed by atoms with Crippen LogP contribution >= 0.6 is 0 Å². The van der Waals surface area contributed by atoms with E-state index in [-0.39, 0.29) is 11.7 Å². The molecule has 0 bridgehead atoms. The fourth-order valence-electron chi connectivity index (χ4n) is 3.06. The molecule has 0 radical (unpaired) electrons. The molecule has 3 rings (SSSR count). The Bertz CT molecular complexity index is 489. The van der Waals surface area contributed by atoms with Crippen molar-refractivity contribution >= 4 is 17.4 Å². The van der Waals surface area contributed by atoms with E-state index in [0.29, 0.717) is 18.0 Å². The standard InChI is InChI=1S/C15H17NO2/c17-14-12-8-4-5-9-13(12)16(15(14)18)10-11-6-2-1-3-7-11/h4-5,8-9,11H,1-3,6-7,10H2. The molecule has 1 aliphatic carbocycles. The third-order valence-corrected chi connectivity index (χ3v) is 4.04. The molecule has 0 N–H and O–H groups in total. The fraction of sp³-hybridized carbons (Fsp3) is 0.467. The SMILES string of the molecule is O=C1C(=O)N(CC2CCCCC2)c2ccccc21. The second-order valence-corrected chi connectivity index (χ2v) is 5.27. The third kappa shape index (κ3) is 1.84. The number of hydrogen-bond donors (Lipinski definition) is 0. The van der Waals surface area contributed by atoms with Gasteiger partial charge in [-0.05, 0) is 30.9 Å². The molecule has 0 spiro atoms. The quantitative estimate of drug-likeness (QED) is 0.749. The number of anilines is 1. The number of ketones is 1. The zero-order valence-electron chi connectivity index (χ0n) is 10.4. The van der Waals surface area contributed by atoms with Crippen LogP contribution in [-0.2, 0) is 4.79 Å². The zero-order chi connectivity index (χ0) is 12.5. The van der Waals surface area contributed by atoms with Crippen molar-refractivity contribution in [3.05, 3.63) is 29.8 Å². The maximum Gasteiger partial charge on any atom is 0.299 e. The van der Waals surface area contributed by atoms with Gasteiger partial charge in [-0.3, -0.25) is 9.59 Å². The molecule has 3 heteroatoms. The first-order valence-corrected chi connectivity index (χ1v) is 6.72. The van der Waals surface area contributed by atoms with Gasteiger partial charge in [0.15, 0.2) is 0 Å². The highest BCUT2D eigenvalue weighted by Gasteiger charge is 2.36. The summed E-state index contributed by atoms with van der Waals surface area (Å²) >= 11 is 0. The molecule has 3 nitrogen and oxygen atoms in total. The Morgan fingerprint density at radius 2 is 1.78 bits per heavy atom. The third-order valence-electron chi connectivity index (χ3n) is 4.04. The first-order valence-electron chi connectivity index (χ1n) is 6.72. The van der Waals surface area contributed by atoms with Crippen LogP contribution in [0.5, 0.6) is 0 Å². The molecular formula is C15H17NO2. The molecule has 18 heavy (non-hydrogen) atoms. The van der Waals surface area contributed by atoms with E-state index in [1.165, 1.54) is 32.1 Å². The van der Waals surface area contributed by atoms with Crippen LogP contribution in [0.2, 0.25) is 0 Å². The summed E-state index contributed by atoms with van der Waals surface area (Å²) in [5, 5.41) is 0. The van der Waals surface area contributed by atoms with E-state index >= 15 is 0 Å². The number of para-hydroxylation sites is 1. The minimum Gasteiger partial charge on any atom is -0.304 e. The molecule has 1 heterocycles. The number of nitrogens with zero attached hydrogens (tertiary/aromatic N) is 1. The van der Waals surface area contributed by atoms with Gasteiger partial charge in [0.2, 0.25) is 0 Å². The van der Waals surface area contributed by atoms with Crippen molar-refractivity contribution in [3.8, 4) is 0 Å². The van der Waals surface area contributed by atoms with Crippen LogP contribution < -0.4 is 4.90 Å². The van der Waals surface area contributed by atoms with Crippen molar-refractivity contribution in [2.75, 3.05) is 11.4 Å². The van der Waals surface area contributed by atoms with E-state index in [2.05, 4.69) is 0 Å². The smallest absolute Gasteiger partial charge is 0.299 e. The average Bonchev–Trinajstić information content (AvgIpc) is 2.66. The lowest BCUT2D eigenvalue weighted by Gasteiger charge is -2.26. The monoisotopic (exact) mass is 243 g/mol. The molecule has 1 aromatic carbocycles. The lowest BCUT2D eigenvalue weighted by Crippen LogP contribution is -2.35. The summed E-state index contributed by atoms with van der Waals surface area (Å²) in [5.41, 5.74) is 1.37. The van der Waals surface area contributed by atoms with Crippen molar-refractivity contribution in [2.24, 2.45) is 5.92 Å². The van der Waals surface area contributed by atoms with Crippen LogP contribution in [0.15, 0.2) is 24.3 Å². The normalized spacial score (nSPS) is 20.3. The minimum absolute atomic E-state index is 0.346. The van der Waals surface area contributed by atoms with Crippen LogP contribution in [0.25, 0.3) is 0 Å². The Labute approximate surface area is 107 Å². The number of Topliss-reactive ketones (excluding diaryl/α,β-unsaturated/α-hetero) is 1. The zero-order valence-corrected chi connectivity index (χ0v) is 10.4. The van der Waals surface area contributed by atoms with Gasteiger partial charge in [0.1, 0.15) is 0 Å². The van der Waals surface area contributed by atoms with Gasteiger partial charge < -0.3 is 4.90 Å². The first-order chi connectivity index (χ1) is 8.77. The summed E-state index contributed by atoms with van der Waals surface area (Å²) in [5.74, 6) is -0.134. The van der Waals surface area contributed by atoms with Gasteiger partial charge in [-0.2, -0.15) is 0 Å². The highest BCUT2D eigenvalue weighted by Crippen LogP contribution is 2.32. The molecule has 1 aliphatic heterocycles. The molecule has 0 saturated heterocycles. The summed E-state index contributed by atoms with van der Waals surface area (Å²) in [6.07, 6.45) is 6.17. The number of benzene rings is 1. The second kappa shape index (κ2) is 4.56. The molecule has 1 fully saturated rings. The summed E-state index contributed by atoms with van der Waals surface area (Å²) in [6.45, 7) is 0.710. The molecule has 1 saturated carbocycles. The lowest BCUT2D eigenvalue weighted by atomic mass is 9.89. The van der Waals surface area contributed by atoms with E-state index in [4.69, 9.17) is 0 Å². The van der Waals surface area contributed by atoms with E-state index < -0.39 is 0 Å². The maximum absolute atomic E-state index is 12.0.